The summed E-state index contributed by atoms with van der Waals surface area (Å²) < 4.78 is 12.7. The SMILES string of the molecule is CC(=O)N1CC=C(c2n[nH]c3ccc(Nc4ncc(Cl)c(Nc5ccccc5P(C)(C)=O)n4)cc23)CC1. The molecule has 4 aromatic rings. The predicted octanol–water partition coefficient (Wildman–Crippen LogP) is 5.38. The first-order chi connectivity index (χ1) is 17.7. The Morgan fingerprint density at radius 3 is 2.70 bits per heavy atom. The van der Waals surface area contributed by atoms with Crippen molar-refractivity contribution < 1.29 is 9.36 Å². The molecular weight excluding hydrogens is 509 g/mol. The summed E-state index contributed by atoms with van der Waals surface area (Å²) in [5.74, 6) is 0.846. The summed E-state index contributed by atoms with van der Waals surface area (Å²) in [5.41, 5.74) is 4.38. The first-order valence-corrected chi connectivity index (χ1v) is 14.8. The number of halogens is 1. The van der Waals surface area contributed by atoms with E-state index >= 15 is 0 Å². The fourth-order valence-electron chi connectivity index (χ4n) is 4.33. The van der Waals surface area contributed by atoms with Crippen molar-refractivity contribution in [1.29, 1.82) is 0 Å². The van der Waals surface area contributed by atoms with Crippen LogP contribution in [0.4, 0.5) is 23.1 Å². The van der Waals surface area contributed by atoms with Gasteiger partial charge in [-0.1, -0.05) is 29.8 Å². The maximum Gasteiger partial charge on any atom is 0.229 e. The van der Waals surface area contributed by atoms with Gasteiger partial charge < -0.3 is 20.1 Å². The molecule has 1 amide bonds. The van der Waals surface area contributed by atoms with Crippen LogP contribution >= 0.6 is 18.7 Å². The van der Waals surface area contributed by atoms with E-state index in [1.54, 1.807) is 20.3 Å². The maximum absolute atomic E-state index is 12.7. The van der Waals surface area contributed by atoms with Gasteiger partial charge in [0.15, 0.2) is 5.82 Å². The van der Waals surface area contributed by atoms with Gasteiger partial charge >= 0.3 is 0 Å². The summed E-state index contributed by atoms with van der Waals surface area (Å²) in [4.78, 5) is 22.4. The van der Waals surface area contributed by atoms with Crippen molar-refractivity contribution in [2.24, 2.45) is 0 Å². The highest BCUT2D eigenvalue weighted by Gasteiger charge is 2.19. The van der Waals surface area contributed by atoms with Crippen LogP contribution in [0.25, 0.3) is 16.5 Å². The minimum atomic E-state index is -2.51. The Balaban J connectivity index is 1.41. The first kappa shape index (κ1) is 25.0. The number of nitrogens with one attached hydrogen (secondary N) is 3. The van der Waals surface area contributed by atoms with Crippen LogP contribution in [-0.2, 0) is 9.36 Å². The van der Waals surface area contributed by atoms with Crippen LogP contribution in [0.1, 0.15) is 19.0 Å². The van der Waals surface area contributed by atoms with Crippen molar-refractivity contribution in [3.8, 4) is 0 Å². The highest BCUT2D eigenvalue weighted by atomic mass is 35.5. The highest BCUT2D eigenvalue weighted by molar-refractivity contribution is 7.70. The Kier molecular flexibility index (Phi) is 6.75. The van der Waals surface area contributed by atoms with E-state index in [9.17, 15) is 9.36 Å². The third-order valence-electron chi connectivity index (χ3n) is 6.26. The minimum absolute atomic E-state index is 0.0763. The maximum atomic E-state index is 12.7. The molecule has 0 unspecified atom stereocenters. The number of amides is 1. The van der Waals surface area contributed by atoms with Gasteiger partial charge in [-0.3, -0.25) is 9.89 Å². The quantitative estimate of drug-likeness (QED) is 0.284. The molecule has 0 fully saturated rings. The van der Waals surface area contributed by atoms with Crippen molar-refractivity contribution in [2.45, 2.75) is 13.3 Å². The van der Waals surface area contributed by atoms with Crippen molar-refractivity contribution in [3.63, 3.8) is 0 Å². The molecule has 0 saturated heterocycles. The molecule has 0 saturated carbocycles. The summed E-state index contributed by atoms with van der Waals surface area (Å²) in [6, 6.07) is 13.3. The molecule has 3 heterocycles. The van der Waals surface area contributed by atoms with Crippen molar-refractivity contribution in [3.05, 3.63) is 65.5 Å². The Bertz CT molecular complexity index is 1580. The van der Waals surface area contributed by atoms with E-state index in [0.717, 1.165) is 39.6 Å². The molecule has 11 heteroatoms. The second kappa shape index (κ2) is 10.00. The molecule has 9 nitrogen and oxygen atoms in total. The molecule has 5 rings (SSSR count). The van der Waals surface area contributed by atoms with E-state index in [-0.39, 0.29) is 5.91 Å². The third-order valence-corrected chi connectivity index (χ3v) is 8.09. The molecule has 0 aliphatic carbocycles. The topological polar surface area (TPSA) is 116 Å². The lowest BCUT2D eigenvalue weighted by Crippen LogP contribution is -2.32. The number of anilines is 4. The number of carbonyl (C=O) groups excluding carboxylic acids is 1. The summed E-state index contributed by atoms with van der Waals surface area (Å²) in [6.45, 7) is 6.30. The number of H-pyrrole nitrogens is 1. The molecule has 2 aromatic carbocycles. The third kappa shape index (κ3) is 5.38. The Morgan fingerprint density at radius 1 is 1.16 bits per heavy atom. The average Bonchev–Trinajstić information content (AvgIpc) is 3.29. The smallest absolute Gasteiger partial charge is 0.229 e. The number of aromatic nitrogens is 4. The average molecular weight is 536 g/mol. The normalized spacial score (nSPS) is 13.9. The summed E-state index contributed by atoms with van der Waals surface area (Å²) in [5, 5.41) is 16.1. The minimum Gasteiger partial charge on any atom is -0.339 e. The fourth-order valence-corrected chi connectivity index (χ4v) is 5.62. The fraction of sp³-hybridized carbons (Fsp3) is 0.231. The molecule has 2 aromatic heterocycles. The molecule has 3 N–H and O–H groups in total. The van der Waals surface area contributed by atoms with Crippen LogP contribution in [0, 0.1) is 0 Å². The molecule has 1 aliphatic heterocycles. The number of rotatable bonds is 6. The molecule has 0 radical (unpaired) electrons. The number of para-hydroxylation sites is 1. The van der Waals surface area contributed by atoms with Crippen LogP contribution in [0.5, 0.6) is 0 Å². The second-order valence-corrected chi connectivity index (χ2v) is 12.9. The molecule has 190 valence electrons. The van der Waals surface area contributed by atoms with Gasteiger partial charge in [-0.15, -0.1) is 0 Å². The Hall–Kier alpha value is -3.68. The van der Waals surface area contributed by atoms with Gasteiger partial charge in [0.2, 0.25) is 11.9 Å². The van der Waals surface area contributed by atoms with E-state index in [1.165, 1.54) is 6.20 Å². The Labute approximate surface area is 219 Å². The molecule has 0 spiro atoms. The number of carbonyl (C=O) groups is 1. The zero-order valence-electron chi connectivity index (χ0n) is 20.7. The number of benzene rings is 2. The molecule has 1 aliphatic rings. The van der Waals surface area contributed by atoms with Crippen molar-refractivity contribution in [1.82, 2.24) is 25.1 Å². The van der Waals surface area contributed by atoms with E-state index < -0.39 is 7.14 Å². The van der Waals surface area contributed by atoms with E-state index in [2.05, 4.69) is 36.9 Å². The van der Waals surface area contributed by atoms with Crippen LogP contribution in [0.2, 0.25) is 5.02 Å². The highest BCUT2D eigenvalue weighted by Crippen LogP contribution is 2.38. The standard InChI is InChI=1S/C26H27ClN7O2P/c1-16(35)34-12-10-17(11-13-34)24-19-14-18(8-9-21(19)32-33-24)29-26-28-15-20(27)25(31-26)30-22-6-4-5-7-23(22)37(2,3)36/h4-10,14-15H,11-13H2,1-3H3,(H,32,33)(H2,28,29,30,31). The summed E-state index contributed by atoms with van der Waals surface area (Å²) >= 11 is 6.39. The lowest BCUT2D eigenvalue weighted by Gasteiger charge is -2.24. The van der Waals surface area contributed by atoms with Crippen molar-refractivity contribution in [2.75, 3.05) is 37.1 Å². The largest absolute Gasteiger partial charge is 0.339 e. The van der Waals surface area contributed by atoms with Crippen LogP contribution in [-0.4, -0.2) is 57.4 Å². The summed E-state index contributed by atoms with van der Waals surface area (Å²) in [7, 11) is -2.51. The van der Waals surface area contributed by atoms with Gasteiger partial charge in [-0.25, -0.2) is 4.98 Å². The number of aromatic amines is 1. The Morgan fingerprint density at radius 2 is 1.97 bits per heavy atom. The lowest BCUT2D eigenvalue weighted by molar-refractivity contribution is -0.128. The molecule has 0 atom stereocenters. The van der Waals surface area contributed by atoms with Gasteiger partial charge in [-0.05, 0) is 55.7 Å². The van der Waals surface area contributed by atoms with Gasteiger partial charge in [-0.2, -0.15) is 10.1 Å². The van der Waals surface area contributed by atoms with Crippen LogP contribution < -0.4 is 15.9 Å². The van der Waals surface area contributed by atoms with E-state index in [4.69, 9.17) is 11.6 Å². The number of hydrogen-bond acceptors (Lipinski definition) is 7. The lowest BCUT2D eigenvalue weighted by atomic mass is 10.0. The van der Waals surface area contributed by atoms with Gasteiger partial charge in [0.05, 0.1) is 23.1 Å². The van der Waals surface area contributed by atoms with E-state index in [1.807, 2.05) is 47.4 Å². The summed E-state index contributed by atoms with van der Waals surface area (Å²) in [6.07, 6.45) is 4.33. The number of fused-ring (bicyclic) bond motifs is 1. The number of hydrogen-bond donors (Lipinski definition) is 3. The zero-order chi connectivity index (χ0) is 26.2. The van der Waals surface area contributed by atoms with Crippen LogP contribution in [0.15, 0.2) is 54.7 Å². The van der Waals surface area contributed by atoms with Gasteiger partial charge in [0.25, 0.3) is 0 Å². The van der Waals surface area contributed by atoms with Crippen LogP contribution in [0.3, 0.4) is 0 Å². The monoisotopic (exact) mass is 535 g/mol. The second-order valence-electron chi connectivity index (χ2n) is 9.29. The van der Waals surface area contributed by atoms with E-state index in [0.29, 0.717) is 35.6 Å². The molecular formula is C26H27ClN7O2P. The van der Waals surface area contributed by atoms with Gasteiger partial charge in [0, 0.05) is 36.4 Å². The van der Waals surface area contributed by atoms with Gasteiger partial charge in [0.1, 0.15) is 12.2 Å². The predicted molar refractivity (Wildman–Crippen MR) is 150 cm³/mol. The van der Waals surface area contributed by atoms with Crippen molar-refractivity contribution >= 4 is 69.6 Å². The molecule has 37 heavy (non-hydrogen) atoms. The first-order valence-electron chi connectivity index (χ1n) is 11.8. The molecule has 0 bridgehead atoms. The zero-order valence-corrected chi connectivity index (χ0v) is 22.4. The number of nitrogens with zero attached hydrogens (tertiary/aromatic N) is 4.